The summed E-state index contributed by atoms with van der Waals surface area (Å²) in [6, 6.07) is 7.73. The fourth-order valence-electron chi connectivity index (χ4n) is 2.04. The molecule has 2 aromatic rings. The summed E-state index contributed by atoms with van der Waals surface area (Å²) in [5.74, 6) is -2.38. The van der Waals surface area contributed by atoms with Gasteiger partial charge < -0.3 is 19.5 Å². The minimum atomic E-state index is -0.835. The van der Waals surface area contributed by atoms with Crippen molar-refractivity contribution in [2.24, 2.45) is 0 Å². The number of methoxy groups -OCH3 is 1. The van der Waals surface area contributed by atoms with Gasteiger partial charge in [0.25, 0.3) is 5.91 Å². The number of carbonyl (C=O) groups excluding carboxylic acids is 2. The van der Waals surface area contributed by atoms with E-state index in [0.717, 1.165) is 17.7 Å². The largest absolute Gasteiger partial charge is 0.493 e. The minimum absolute atomic E-state index is 0.0795. The molecule has 0 aromatic heterocycles. The molecule has 2 rings (SSSR count). The summed E-state index contributed by atoms with van der Waals surface area (Å²) in [5, 5.41) is 2.22. The Kier molecular flexibility index (Phi) is 6.48. The molecule has 0 saturated heterocycles. The molecule has 2 aromatic carbocycles. The van der Waals surface area contributed by atoms with Gasteiger partial charge in [-0.3, -0.25) is 4.79 Å². The number of rotatable bonds is 7. The smallest absolute Gasteiger partial charge is 0.344 e. The monoisotopic (exact) mass is 365 g/mol. The second-order valence-corrected chi connectivity index (χ2v) is 5.31. The average molecular weight is 365 g/mol. The maximum Gasteiger partial charge on any atom is 0.344 e. The Labute approximate surface area is 148 Å². The van der Waals surface area contributed by atoms with Crippen LogP contribution < -0.4 is 14.8 Å². The Balaban J connectivity index is 1.80. The van der Waals surface area contributed by atoms with Gasteiger partial charge in [0.05, 0.1) is 7.11 Å². The van der Waals surface area contributed by atoms with E-state index < -0.39 is 36.7 Å². The lowest BCUT2D eigenvalue weighted by Gasteiger charge is -2.11. The predicted molar refractivity (Wildman–Crippen MR) is 89.2 cm³/mol. The molecule has 0 atom stereocenters. The highest BCUT2D eigenvalue weighted by molar-refractivity contribution is 5.92. The first kappa shape index (κ1) is 19.2. The highest BCUT2D eigenvalue weighted by atomic mass is 19.1. The molecule has 138 valence electrons. The number of esters is 1. The van der Waals surface area contributed by atoms with E-state index in [2.05, 4.69) is 5.32 Å². The number of aryl methyl sites for hydroxylation is 1. The van der Waals surface area contributed by atoms with Crippen LogP contribution in [-0.2, 0) is 14.3 Å². The Bertz CT molecular complexity index is 790. The fourth-order valence-corrected chi connectivity index (χ4v) is 2.04. The molecule has 0 aliphatic carbocycles. The minimum Gasteiger partial charge on any atom is -0.493 e. The first-order valence-electron chi connectivity index (χ1n) is 7.56. The molecule has 0 bridgehead atoms. The van der Waals surface area contributed by atoms with Crippen LogP contribution in [0.2, 0.25) is 0 Å². The molecule has 0 aliphatic heterocycles. The average Bonchev–Trinajstić information content (AvgIpc) is 2.57. The summed E-state index contributed by atoms with van der Waals surface area (Å²) in [4.78, 5) is 23.3. The standard InChI is InChI=1S/C18H17F2NO5/c1-11-3-4-15(16(5-11)24-2)25-10-18(23)26-9-17(22)21-14-7-12(19)6-13(20)8-14/h3-8H,9-10H2,1-2H3,(H,21,22). The first-order valence-corrected chi connectivity index (χ1v) is 7.56. The molecule has 0 aliphatic rings. The van der Waals surface area contributed by atoms with Crippen molar-refractivity contribution in [3.05, 3.63) is 53.6 Å². The van der Waals surface area contributed by atoms with Gasteiger partial charge in [-0.15, -0.1) is 0 Å². The third kappa shape index (κ3) is 5.73. The lowest BCUT2D eigenvalue weighted by atomic mass is 10.2. The van der Waals surface area contributed by atoms with Gasteiger partial charge in [0.1, 0.15) is 11.6 Å². The Morgan fingerprint density at radius 3 is 2.35 bits per heavy atom. The molecule has 1 N–H and O–H groups in total. The first-order chi connectivity index (χ1) is 12.4. The molecule has 0 unspecified atom stereocenters. The van der Waals surface area contributed by atoms with Gasteiger partial charge in [0.15, 0.2) is 24.7 Å². The normalized spacial score (nSPS) is 10.2. The Morgan fingerprint density at radius 2 is 1.69 bits per heavy atom. The van der Waals surface area contributed by atoms with Crippen molar-refractivity contribution in [3.8, 4) is 11.5 Å². The summed E-state index contributed by atoms with van der Waals surface area (Å²) in [6.07, 6.45) is 0. The number of hydrogen-bond donors (Lipinski definition) is 1. The summed E-state index contributed by atoms with van der Waals surface area (Å²) in [7, 11) is 1.47. The highest BCUT2D eigenvalue weighted by Gasteiger charge is 2.12. The maximum atomic E-state index is 13.0. The van der Waals surface area contributed by atoms with Crippen LogP contribution >= 0.6 is 0 Å². The van der Waals surface area contributed by atoms with E-state index in [0.29, 0.717) is 17.6 Å². The van der Waals surface area contributed by atoms with Crippen LogP contribution in [-0.4, -0.2) is 32.2 Å². The van der Waals surface area contributed by atoms with Gasteiger partial charge in [-0.05, 0) is 36.8 Å². The quantitative estimate of drug-likeness (QED) is 0.764. The zero-order valence-corrected chi connectivity index (χ0v) is 14.2. The number of ether oxygens (including phenoxy) is 3. The van der Waals surface area contributed by atoms with E-state index in [9.17, 15) is 18.4 Å². The van der Waals surface area contributed by atoms with E-state index in [4.69, 9.17) is 14.2 Å². The van der Waals surface area contributed by atoms with Crippen molar-refractivity contribution in [3.63, 3.8) is 0 Å². The number of anilines is 1. The van der Waals surface area contributed by atoms with E-state index in [1.54, 1.807) is 18.2 Å². The van der Waals surface area contributed by atoms with Crippen molar-refractivity contribution < 1.29 is 32.6 Å². The number of benzene rings is 2. The van der Waals surface area contributed by atoms with Crippen LogP contribution in [0.5, 0.6) is 11.5 Å². The van der Waals surface area contributed by atoms with Crippen molar-refractivity contribution in [1.82, 2.24) is 0 Å². The Morgan fingerprint density at radius 1 is 1.00 bits per heavy atom. The van der Waals surface area contributed by atoms with Gasteiger partial charge in [0.2, 0.25) is 0 Å². The number of carbonyl (C=O) groups is 2. The summed E-state index contributed by atoms with van der Waals surface area (Å²) < 4.78 is 41.3. The lowest BCUT2D eigenvalue weighted by Crippen LogP contribution is -2.23. The molecule has 0 heterocycles. The van der Waals surface area contributed by atoms with Crippen molar-refractivity contribution >= 4 is 17.6 Å². The van der Waals surface area contributed by atoms with Gasteiger partial charge in [0, 0.05) is 11.8 Å². The molecular weight excluding hydrogens is 348 g/mol. The van der Waals surface area contributed by atoms with E-state index >= 15 is 0 Å². The number of amides is 1. The van der Waals surface area contributed by atoms with Gasteiger partial charge >= 0.3 is 5.97 Å². The topological polar surface area (TPSA) is 73.9 Å². The molecular formula is C18H17F2NO5. The van der Waals surface area contributed by atoms with Crippen LogP contribution in [0, 0.1) is 18.6 Å². The Hall–Kier alpha value is -3.16. The number of hydrogen-bond acceptors (Lipinski definition) is 5. The van der Waals surface area contributed by atoms with Crippen molar-refractivity contribution in [1.29, 1.82) is 0 Å². The van der Waals surface area contributed by atoms with Crippen LogP contribution in [0.1, 0.15) is 5.56 Å². The van der Waals surface area contributed by atoms with E-state index in [1.807, 2.05) is 6.92 Å². The van der Waals surface area contributed by atoms with Gasteiger partial charge in [-0.2, -0.15) is 0 Å². The van der Waals surface area contributed by atoms with Gasteiger partial charge in [-0.1, -0.05) is 6.07 Å². The fraction of sp³-hybridized carbons (Fsp3) is 0.222. The van der Waals surface area contributed by atoms with Crippen molar-refractivity contribution in [2.45, 2.75) is 6.92 Å². The SMILES string of the molecule is COc1cc(C)ccc1OCC(=O)OCC(=O)Nc1cc(F)cc(F)c1. The molecule has 1 amide bonds. The van der Waals surface area contributed by atoms with Crippen LogP contribution in [0.4, 0.5) is 14.5 Å². The third-order valence-electron chi connectivity index (χ3n) is 3.18. The molecule has 26 heavy (non-hydrogen) atoms. The molecule has 8 heteroatoms. The number of halogens is 2. The zero-order valence-electron chi connectivity index (χ0n) is 14.2. The summed E-state index contributed by atoms with van der Waals surface area (Å²) in [5.41, 5.74) is 0.881. The van der Waals surface area contributed by atoms with Crippen molar-refractivity contribution in [2.75, 3.05) is 25.6 Å². The predicted octanol–water partition coefficient (Wildman–Crippen LogP) is 2.84. The molecule has 0 radical (unpaired) electrons. The zero-order chi connectivity index (χ0) is 19.1. The second-order valence-electron chi connectivity index (χ2n) is 5.31. The molecule has 6 nitrogen and oxygen atoms in total. The lowest BCUT2D eigenvalue weighted by molar-refractivity contribution is -0.149. The maximum absolute atomic E-state index is 13.0. The summed E-state index contributed by atoms with van der Waals surface area (Å²) >= 11 is 0. The highest BCUT2D eigenvalue weighted by Crippen LogP contribution is 2.27. The molecule has 0 saturated carbocycles. The van der Waals surface area contributed by atoms with Gasteiger partial charge in [-0.25, -0.2) is 13.6 Å². The second kappa shape index (κ2) is 8.80. The van der Waals surface area contributed by atoms with Crippen LogP contribution in [0.3, 0.4) is 0 Å². The molecule has 0 fully saturated rings. The summed E-state index contributed by atoms with van der Waals surface area (Å²) in [6.45, 7) is 0.830. The van der Waals surface area contributed by atoms with E-state index in [-0.39, 0.29) is 5.69 Å². The van der Waals surface area contributed by atoms with E-state index in [1.165, 1.54) is 7.11 Å². The third-order valence-corrected chi connectivity index (χ3v) is 3.18. The molecule has 0 spiro atoms. The van der Waals surface area contributed by atoms with Crippen LogP contribution in [0.15, 0.2) is 36.4 Å². The number of nitrogens with one attached hydrogen (secondary N) is 1. The van der Waals surface area contributed by atoms with Crippen LogP contribution in [0.25, 0.3) is 0 Å².